The summed E-state index contributed by atoms with van der Waals surface area (Å²) in [6.07, 6.45) is 1.64. The van der Waals surface area contributed by atoms with Crippen LogP contribution >= 0.6 is 39.3 Å². The second-order valence-electron chi connectivity index (χ2n) is 6.00. The van der Waals surface area contributed by atoms with E-state index in [1.165, 1.54) is 0 Å². The van der Waals surface area contributed by atoms with Crippen LogP contribution in [0.15, 0.2) is 70.2 Å². The summed E-state index contributed by atoms with van der Waals surface area (Å²) < 4.78 is 14.0. The molecule has 2 aromatic carbocycles. The molecule has 4 rings (SSSR count). The average molecular weight is 479 g/mol. The van der Waals surface area contributed by atoms with E-state index in [0.29, 0.717) is 10.8 Å². The van der Waals surface area contributed by atoms with Crippen LogP contribution in [0.4, 0.5) is 0 Å². The van der Waals surface area contributed by atoms with Crippen molar-refractivity contribution in [2.45, 2.75) is 23.9 Å². The van der Waals surface area contributed by atoms with E-state index in [0.717, 1.165) is 33.1 Å². The Kier molecular flexibility index (Phi) is 5.94. The SMILES string of the molecule is CCn1c(SC(C2=COCO2)c2ccccc2Cl)nnc1-c1ccccc1Br. The van der Waals surface area contributed by atoms with Gasteiger partial charge < -0.3 is 14.0 Å². The van der Waals surface area contributed by atoms with E-state index in [2.05, 4.69) is 37.6 Å². The van der Waals surface area contributed by atoms with Crippen molar-refractivity contribution >= 4 is 39.3 Å². The molecule has 0 saturated carbocycles. The third-order valence-electron chi connectivity index (χ3n) is 4.31. The zero-order valence-electron chi connectivity index (χ0n) is 15.0. The lowest BCUT2D eigenvalue weighted by atomic mass is 10.1. The summed E-state index contributed by atoms with van der Waals surface area (Å²) in [6, 6.07) is 15.7. The molecular formula is C20H17BrClN3O2S. The Morgan fingerprint density at radius 2 is 1.96 bits per heavy atom. The molecule has 144 valence electrons. The molecule has 0 radical (unpaired) electrons. The van der Waals surface area contributed by atoms with E-state index in [9.17, 15) is 0 Å². The van der Waals surface area contributed by atoms with E-state index in [4.69, 9.17) is 21.1 Å². The molecular weight excluding hydrogens is 462 g/mol. The molecule has 0 bridgehead atoms. The van der Waals surface area contributed by atoms with Gasteiger partial charge in [-0.05, 0) is 24.6 Å². The first-order chi connectivity index (χ1) is 13.7. The minimum Gasteiger partial charge on any atom is -0.462 e. The van der Waals surface area contributed by atoms with Gasteiger partial charge in [0.15, 0.2) is 16.7 Å². The van der Waals surface area contributed by atoms with Crippen LogP contribution in [0, 0.1) is 0 Å². The molecule has 0 saturated heterocycles. The Morgan fingerprint density at radius 3 is 2.68 bits per heavy atom. The molecule has 0 amide bonds. The van der Waals surface area contributed by atoms with Gasteiger partial charge in [-0.2, -0.15) is 0 Å². The standard InChI is InChI=1S/C20H17BrClN3O2S/c1-2-25-19(13-7-3-5-9-15(13)21)23-24-20(25)28-18(17-11-26-12-27-17)14-8-4-6-10-16(14)22/h3-11,18H,2,12H2,1H3. The fourth-order valence-electron chi connectivity index (χ4n) is 2.96. The average Bonchev–Trinajstić information content (AvgIpc) is 3.37. The summed E-state index contributed by atoms with van der Waals surface area (Å²) in [5.41, 5.74) is 1.94. The molecule has 0 spiro atoms. The number of thioether (sulfide) groups is 1. The fourth-order valence-corrected chi connectivity index (χ4v) is 4.95. The van der Waals surface area contributed by atoms with Crippen LogP contribution in [0.1, 0.15) is 17.7 Å². The molecule has 1 aromatic heterocycles. The first-order valence-corrected chi connectivity index (χ1v) is 10.8. The van der Waals surface area contributed by atoms with Crippen molar-refractivity contribution < 1.29 is 9.47 Å². The maximum atomic E-state index is 6.47. The fraction of sp³-hybridized carbons (Fsp3) is 0.200. The van der Waals surface area contributed by atoms with Crippen LogP contribution in [0.5, 0.6) is 0 Å². The minimum atomic E-state index is -0.183. The number of nitrogens with zero attached hydrogens (tertiary/aromatic N) is 3. The van der Waals surface area contributed by atoms with Gasteiger partial charge in [-0.1, -0.05) is 75.7 Å². The smallest absolute Gasteiger partial charge is 0.229 e. The van der Waals surface area contributed by atoms with E-state index in [1.807, 2.05) is 48.5 Å². The van der Waals surface area contributed by atoms with Gasteiger partial charge >= 0.3 is 0 Å². The molecule has 0 N–H and O–H groups in total. The topological polar surface area (TPSA) is 49.2 Å². The first kappa shape index (κ1) is 19.4. The van der Waals surface area contributed by atoms with Crippen molar-refractivity contribution in [1.29, 1.82) is 0 Å². The van der Waals surface area contributed by atoms with Crippen molar-refractivity contribution in [1.82, 2.24) is 14.8 Å². The van der Waals surface area contributed by atoms with Crippen LogP contribution in [0.2, 0.25) is 5.02 Å². The molecule has 28 heavy (non-hydrogen) atoms. The molecule has 1 unspecified atom stereocenters. The molecule has 5 nitrogen and oxygen atoms in total. The highest BCUT2D eigenvalue weighted by Crippen LogP contribution is 2.44. The van der Waals surface area contributed by atoms with Crippen LogP contribution in [-0.4, -0.2) is 21.6 Å². The molecule has 1 aliphatic rings. The monoisotopic (exact) mass is 477 g/mol. The summed E-state index contributed by atoms with van der Waals surface area (Å²) in [7, 11) is 0. The Balaban J connectivity index is 1.74. The molecule has 2 heterocycles. The number of ether oxygens (including phenoxy) is 2. The summed E-state index contributed by atoms with van der Waals surface area (Å²) in [5, 5.41) is 10.2. The molecule has 0 aliphatic carbocycles. The van der Waals surface area contributed by atoms with Gasteiger partial charge in [-0.3, -0.25) is 0 Å². The lowest BCUT2D eigenvalue weighted by Gasteiger charge is -2.18. The normalized spacial score (nSPS) is 14.3. The summed E-state index contributed by atoms with van der Waals surface area (Å²) >= 11 is 11.6. The van der Waals surface area contributed by atoms with Crippen LogP contribution in [0.25, 0.3) is 11.4 Å². The lowest BCUT2D eigenvalue weighted by Crippen LogP contribution is -2.05. The second kappa shape index (κ2) is 8.59. The first-order valence-electron chi connectivity index (χ1n) is 8.72. The van der Waals surface area contributed by atoms with Crippen molar-refractivity contribution in [3.05, 3.63) is 75.6 Å². The van der Waals surface area contributed by atoms with Crippen molar-refractivity contribution in [2.24, 2.45) is 0 Å². The third kappa shape index (κ3) is 3.79. The van der Waals surface area contributed by atoms with Crippen molar-refractivity contribution in [2.75, 3.05) is 6.79 Å². The minimum absolute atomic E-state index is 0.183. The summed E-state index contributed by atoms with van der Waals surface area (Å²) in [6.45, 7) is 3.02. The third-order valence-corrected chi connectivity index (χ3v) is 6.58. The molecule has 8 heteroatoms. The summed E-state index contributed by atoms with van der Waals surface area (Å²) in [5.74, 6) is 1.53. The maximum absolute atomic E-state index is 6.47. The van der Waals surface area contributed by atoms with Gasteiger partial charge in [0.1, 0.15) is 6.26 Å². The number of aromatic nitrogens is 3. The Hall–Kier alpha value is -1.96. The molecule has 1 atom stereocenters. The highest BCUT2D eigenvalue weighted by atomic mass is 79.9. The van der Waals surface area contributed by atoms with Crippen LogP contribution < -0.4 is 0 Å². The van der Waals surface area contributed by atoms with E-state index >= 15 is 0 Å². The van der Waals surface area contributed by atoms with Gasteiger partial charge in [0.05, 0.1) is 5.25 Å². The van der Waals surface area contributed by atoms with E-state index < -0.39 is 0 Å². The second-order valence-corrected chi connectivity index (χ2v) is 8.33. The molecule has 1 aliphatic heterocycles. The zero-order chi connectivity index (χ0) is 19.5. The van der Waals surface area contributed by atoms with Crippen LogP contribution in [-0.2, 0) is 16.0 Å². The van der Waals surface area contributed by atoms with E-state index in [1.54, 1.807) is 18.0 Å². The highest BCUT2D eigenvalue weighted by Gasteiger charge is 2.28. The van der Waals surface area contributed by atoms with Crippen LogP contribution in [0.3, 0.4) is 0 Å². The molecule has 0 fully saturated rings. The van der Waals surface area contributed by atoms with Crippen molar-refractivity contribution in [3.63, 3.8) is 0 Å². The number of hydrogen-bond acceptors (Lipinski definition) is 5. The van der Waals surface area contributed by atoms with E-state index in [-0.39, 0.29) is 12.0 Å². The number of rotatable bonds is 6. The number of halogens is 2. The quantitative estimate of drug-likeness (QED) is 0.403. The summed E-state index contributed by atoms with van der Waals surface area (Å²) in [4.78, 5) is 0. The highest BCUT2D eigenvalue weighted by molar-refractivity contribution is 9.10. The zero-order valence-corrected chi connectivity index (χ0v) is 18.2. The number of hydrogen-bond donors (Lipinski definition) is 0. The van der Waals surface area contributed by atoms with Gasteiger partial charge in [-0.25, -0.2) is 0 Å². The number of benzene rings is 2. The van der Waals surface area contributed by atoms with Gasteiger partial charge in [0.2, 0.25) is 6.79 Å². The Bertz CT molecular complexity index is 1020. The Morgan fingerprint density at radius 1 is 1.18 bits per heavy atom. The largest absolute Gasteiger partial charge is 0.462 e. The molecule has 3 aromatic rings. The van der Waals surface area contributed by atoms with Crippen molar-refractivity contribution in [3.8, 4) is 11.4 Å². The predicted octanol–water partition coefficient (Wildman–Crippen LogP) is 6.06. The van der Waals surface area contributed by atoms with Gasteiger partial charge in [0, 0.05) is 21.6 Å². The lowest BCUT2D eigenvalue weighted by molar-refractivity contribution is 0.0787. The predicted molar refractivity (Wildman–Crippen MR) is 114 cm³/mol. The Labute approximate surface area is 180 Å². The van der Waals surface area contributed by atoms with Gasteiger partial charge in [0.25, 0.3) is 0 Å². The van der Waals surface area contributed by atoms with Gasteiger partial charge in [-0.15, -0.1) is 10.2 Å². The maximum Gasteiger partial charge on any atom is 0.229 e.